The normalized spacial score (nSPS) is 21.8. The lowest BCUT2D eigenvalue weighted by molar-refractivity contribution is 0.0936. The zero-order valence-corrected chi connectivity index (χ0v) is 17.5. The van der Waals surface area contributed by atoms with E-state index in [4.69, 9.17) is 4.98 Å². The standard InChI is InChI=1S/C25H31N3O/c1-16-8-10-18(11-9-16)23-15-21(20-6-4-5-7-22(20)28-23)25(29)24-14-19(12-13-27-24)17(2)26-3/h4-11,15,17,19,24-27,29H,12-14H2,1-3H3/t17-,19?,24-,25-/m0/s1. The van der Waals surface area contributed by atoms with Crippen LogP contribution in [0.1, 0.15) is 37.0 Å². The Hall–Kier alpha value is -2.27. The van der Waals surface area contributed by atoms with Gasteiger partial charge in [-0.1, -0.05) is 48.0 Å². The number of benzene rings is 2. The first-order chi connectivity index (χ1) is 14.1. The van der Waals surface area contributed by atoms with Gasteiger partial charge in [-0.3, -0.25) is 0 Å². The summed E-state index contributed by atoms with van der Waals surface area (Å²) in [5, 5.41) is 19.4. The Bertz CT molecular complexity index is 969. The molecule has 4 atom stereocenters. The second-order valence-electron chi connectivity index (χ2n) is 8.35. The average Bonchev–Trinajstić information content (AvgIpc) is 2.78. The maximum absolute atomic E-state index is 11.4. The number of nitrogens with zero attached hydrogens (tertiary/aromatic N) is 1. The van der Waals surface area contributed by atoms with Gasteiger partial charge in [-0.25, -0.2) is 4.98 Å². The fraction of sp³-hybridized carbons (Fsp3) is 0.400. The number of nitrogens with one attached hydrogen (secondary N) is 2. The molecule has 1 aliphatic rings. The Morgan fingerprint density at radius 3 is 2.66 bits per heavy atom. The van der Waals surface area contributed by atoms with Crippen molar-refractivity contribution in [2.24, 2.45) is 5.92 Å². The molecule has 0 saturated carbocycles. The summed E-state index contributed by atoms with van der Waals surface area (Å²) >= 11 is 0. The summed E-state index contributed by atoms with van der Waals surface area (Å²) in [7, 11) is 2.02. The van der Waals surface area contributed by atoms with Gasteiger partial charge < -0.3 is 15.7 Å². The lowest BCUT2D eigenvalue weighted by Crippen LogP contribution is -2.46. The van der Waals surface area contributed by atoms with Crippen molar-refractivity contribution < 1.29 is 5.11 Å². The third kappa shape index (κ3) is 4.20. The number of pyridine rings is 1. The highest BCUT2D eigenvalue weighted by atomic mass is 16.3. The summed E-state index contributed by atoms with van der Waals surface area (Å²) in [4.78, 5) is 4.88. The van der Waals surface area contributed by atoms with Crippen LogP contribution in [-0.4, -0.2) is 35.8 Å². The van der Waals surface area contributed by atoms with E-state index in [1.807, 2.05) is 25.2 Å². The van der Waals surface area contributed by atoms with E-state index in [1.54, 1.807) is 0 Å². The van der Waals surface area contributed by atoms with Crippen molar-refractivity contribution in [1.29, 1.82) is 0 Å². The summed E-state index contributed by atoms with van der Waals surface area (Å²) in [6.07, 6.45) is 1.52. The average molecular weight is 390 g/mol. The number of para-hydroxylation sites is 1. The van der Waals surface area contributed by atoms with Gasteiger partial charge in [-0.2, -0.15) is 0 Å². The molecule has 4 nitrogen and oxygen atoms in total. The predicted molar refractivity (Wildman–Crippen MR) is 120 cm³/mol. The lowest BCUT2D eigenvalue weighted by atomic mass is 9.83. The molecule has 152 valence electrons. The van der Waals surface area contributed by atoms with Gasteiger partial charge in [0, 0.05) is 23.0 Å². The van der Waals surface area contributed by atoms with E-state index < -0.39 is 6.10 Å². The number of hydrogen-bond donors (Lipinski definition) is 3. The van der Waals surface area contributed by atoms with Crippen LogP contribution < -0.4 is 10.6 Å². The second-order valence-corrected chi connectivity index (χ2v) is 8.35. The van der Waals surface area contributed by atoms with Crippen molar-refractivity contribution in [3.8, 4) is 11.3 Å². The molecule has 3 aromatic rings. The number of piperidine rings is 1. The minimum absolute atomic E-state index is 0.0428. The first-order valence-corrected chi connectivity index (χ1v) is 10.6. The molecule has 1 saturated heterocycles. The largest absolute Gasteiger partial charge is 0.387 e. The van der Waals surface area contributed by atoms with Crippen LogP contribution in [-0.2, 0) is 0 Å². The van der Waals surface area contributed by atoms with Crippen molar-refractivity contribution in [3.05, 3.63) is 65.7 Å². The molecule has 1 unspecified atom stereocenters. The van der Waals surface area contributed by atoms with Gasteiger partial charge in [0.05, 0.1) is 17.3 Å². The number of aliphatic hydroxyl groups excluding tert-OH is 1. The Morgan fingerprint density at radius 1 is 1.14 bits per heavy atom. The number of rotatable bonds is 5. The van der Waals surface area contributed by atoms with Crippen LogP contribution in [0.3, 0.4) is 0 Å². The number of fused-ring (bicyclic) bond motifs is 1. The van der Waals surface area contributed by atoms with Crippen LogP contribution in [0, 0.1) is 12.8 Å². The van der Waals surface area contributed by atoms with Crippen LogP contribution >= 0.6 is 0 Å². The van der Waals surface area contributed by atoms with E-state index in [0.29, 0.717) is 12.0 Å². The molecule has 3 N–H and O–H groups in total. The SMILES string of the molecule is CN[C@@H](C)C1CCN[C@H]([C@@H](O)c2cc(-c3ccc(C)cc3)nc3ccccc23)C1. The first kappa shape index (κ1) is 20.0. The van der Waals surface area contributed by atoms with E-state index in [-0.39, 0.29) is 6.04 Å². The zero-order valence-electron chi connectivity index (χ0n) is 17.5. The summed E-state index contributed by atoms with van der Waals surface area (Å²) in [5.74, 6) is 0.561. The number of aryl methyl sites for hydroxylation is 1. The van der Waals surface area contributed by atoms with Gasteiger partial charge in [-0.15, -0.1) is 0 Å². The van der Waals surface area contributed by atoms with E-state index in [1.165, 1.54) is 5.56 Å². The van der Waals surface area contributed by atoms with Crippen LogP contribution in [0.15, 0.2) is 54.6 Å². The molecule has 0 radical (unpaired) electrons. The highest BCUT2D eigenvalue weighted by Gasteiger charge is 2.31. The Morgan fingerprint density at radius 2 is 1.90 bits per heavy atom. The highest BCUT2D eigenvalue weighted by Crippen LogP contribution is 2.33. The monoisotopic (exact) mass is 389 g/mol. The molecule has 0 spiro atoms. The van der Waals surface area contributed by atoms with Crippen LogP contribution in [0.2, 0.25) is 0 Å². The molecule has 0 amide bonds. The van der Waals surface area contributed by atoms with Gasteiger partial charge in [0.25, 0.3) is 0 Å². The van der Waals surface area contributed by atoms with E-state index in [0.717, 1.165) is 47.1 Å². The lowest BCUT2D eigenvalue weighted by Gasteiger charge is -2.36. The Balaban J connectivity index is 1.72. The van der Waals surface area contributed by atoms with E-state index >= 15 is 0 Å². The van der Waals surface area contributed by atoms with Crippen LogP contribution in [0.5, 0.6) is 0 Å². The highest BCUT2D eigenvalue weighted by molar-refractivity contribution is 5.85. The molecule has 1 aliphatic heterocycles. The van der Waals surface area contributed by atoms with Gasteiger partial charge in [-0.05, 0) is 63.9 Å². The summed E-state index contributed by atoms with van der Waals surface area (Å²) in [6, 6.07) is 19.1. The summed E-state index contributed by atoms with van der Waals surface area (Å²) < 4.78 is 0. The van der Waals surface area contributed by atoms with Gasteiger partial charge in [0.15, 0.2) is 0 Å². The summed E-state index contributed by atoms with van der Waals surface area (Å²) in [6.45, 7) is 5.26. The van der Waals surface area contributed by atoms with Crippen molar-refractivity contribution in [3.63, 3.8) is 0 Å². The maximum atomic E-state index is 11.4. The van der Waals surface area contributed by atoms with Crippen molar-refractivity contribution in [1.82, 2.24) is 15.6 Å². The molecule has 4 rings (SSSR count). The molecule has 0 aliphatic carbocycles. The van der Waals surface area contributed by atoms with Crippen LogP contribution in [0.25, 0.3) is 22.2 Å². The Kier molecular flexibility index (Phi) is 5.95. The molecular weight excluding hydrogens is 358 g/mol. The minimum atomic E-state index is -0.570. The fourth-order valence-corrected chi connectivity index (χ4v) is 4.45. The van der Waals surface area contributed by atoms with Gasteiger partial charge in [0.1, 0.15) is 0 Å². The topological polar surface area (TPSA) is 57.2 Å². The summed E-state index contributed by atoms with van der Waals surface area (Å²) in [5.41, 5.74) is 5.10. The zero-order chi connectivity index (χ0) is 20.4. The number of aromatic nitrogens is 1. The molecule has 4 heteroatoms. The predicted octanol–water partition coefficient (Wildman–Crippen LogP) is 4.22. The number of aliphatic hydroxyl groups is 1. The third-order valence-electron chi connectivity index (χ3n) is 6.44. The van der Waals surface area contributed by atoms with E-state index in [9.17, 15) is 5.11 Å². The number of hydrogen-bond acceptors (Lipinski definition) is 4. The molecule has 1 fully saturated rings. The maximum Gasteiger partial charge on any atom is 0.0950 e. The first-order valence-electron chi connectivity index (χ1n) is 10.6. The van der Waals surface area contributed by atoms with E-state index in [2.05, 4.69) is 60.9 Å². The molecule has 0 bridgehead atoms. The van der Waals surface area contributed by atoms with Gasteiger partial charge in [0.2, 0.25) is 0 Å². The molecular formula is C25H31N3O. The smallest absolute Gasteiger partial charge is 0.0950 e. The van der Waals surface area contributed by atoms with Crippen LogP contribution in [0.4, 0.5) is 0 Å². The van der Waals surface area contributed by atoms with Gasteiger partial charge >= 0.3 is 0 Å². The minimum Gasteiger partial charge on any atom is -0.387 e. The van der Waals surface area contributed by atoms with Crippen molar-refractivity contribution in [2.45, 2.75) is 44.9 Å². The van der Waals surface area contributed by atoms with Crippen molar-refractivity contribution in [2.75, 3.05) is 13.6 Å². The molecule has 2 heterocycles. The molecule has 1 aromatic heterocycles. The van der Waals surface area contributed by atoms with Crippen molar-refractivity contribution >= 4 is 10.9 Å². The fourth-order valence-electron chi connectivity index (χ4n) is 4.45. The third-order valence-corrected chi connectivity index (χ3v) is 6.44. The Labute approximate surface area is 173 Å². The quantitative estimate of drug-likeness (QED) is 0.612. The molecule has 29 heavy (non-hydrogen) atoms. The molecule has 2 aromatic carbocycles. The second kappa shape index (κ2) is 8.62.